The van der Waals surface area contributed by atoms with Crippen LogP contribution in [0.5, 0.6) is 17.2 Å². The molecule has 8 rings (SSSR count). The molecule has 7 aromatic carbocycles. The van der Waals surface area contributed by atoms with Crippen molar-refractivity contribution in [1.29, 1.82) is 0 Å². The molecule has 0 aromatic heterocycles. The van der Waals surface area contributed by atoms with E-state index in [0.717, 1.165) is 38.6 Å². The van der Waals surface area contributed by atoms with Crippen LogP contribution in [0.15, 0.2) is 158 Å². The molecule has 0 spiro atoms. The SMILES string of the molecule is C=C(C)C(=O)Oc1ccc(-c2ccc(C(=O)Oc3ccc4ccccc4c3-c3c(OC(=O)c4ccc(C5CCC(CCC)CC5)cc4)ccc4ccccc34)cc2)cc1. The normalized spacial score (nSPS) is 15.1. The maximum atomic E-state index is 13.9. The molecule has 0 N–H and O–H groups in total. The molecule has 1 aliphatic carbocycles. The van der Waals surface area contributed by atoms with E-state index in [9.17, 15) is 14.4 Å². The minimum Gasteiger partial charge on any atom is -0.423 e. The van der Waals surface area contributed by atoms with E-state index in [4.69, 9.17) is 14.2 Å². The van der Waals surface area contributed by atoms with Crippen molar-refractivity contribution in [2.45, 2.75) is 58.3 Å². The van der Waals surface area contributed by atoms with E-state index in [-0.39, 0.29) is 0 Å². The summed E-state index contributed by atoms with van der Waals surface area (Å²) in [5, 5.41) is 3.59. The summed E-state index contributed by atoms with van der Waals surface area (Å²) < 4.78 is 17.9. The summed E-state index contributed by atoms with van der Waals surface area (Å²) in [6.07, 6.45) is 7.44. The van der Waals surface area contributed by atoms with Crippen molar-refractivity contribution >= 4 is 39.5 Å². The van der Waals surface area contributed by atoms with Gasteiger partial charge in [0.05, 0.1) is 11.1 Å². The van der Waals surface area contributed by atoms with Crippen LogP contribution in [0, 0.1) is 5.92 Å². The van der Waals surface area contributed by atoms with E-state index < -0.39 is 17.9 Å². The maximum absolute atomic E-state index is 13.9. The first-order valence-electron chi connectivity index (χ1n) is 20.4. The van der Waals surface area contributed by atoms with Crippen molar-refractivity contribution in [2.75, 3.05) is 0 Å². The molecule has 7 aromatic rings. The minimum absolute atomic E-state index is 0.319. The van der Waals surface area contributed by atoms with Crippen LogP contribution in [0.2, 0.25) is 0 Å². The molecule has 0 heterocycles. The van der Waals surface area contributed by atoms with Crippen LogP contribution in [0.3, 0.4) is 0 Å². The van der Waals surface area contributed by atoms with Crippen molar-refractivity contribution in [1.82, 2.24) is 0 Å². The van der Waals surface area contributed by atoms with Gasteiger partial charge >= 0.3 is 17.9 Å². The topological polar surface area (TPSA) is 78.9 Å². The van der Waals surface area contributed by atoms with Crippen LogP contribution in [-0.4, -0.2) is 17.9 Å². The van der Waals surface area contributed by atoms with Crippen molar-refractivity contribution in [3.8, 4) is 39.5 Å². The van der Waals surface area contributed by atoms with Crippen LogP contribution in [0.1, 0.15) is 84.6 Å². The lowest BCUT2D eigenvalue weighted by Crippen LogP contribution is -2.14. The standard InChI is InChI=1S/C53H46O6/c1-4-9-35-14-16-36(17-15-35)37-18-22-42(23-19-37)52(55)58-47-32-28-40-10-5-7-12-45(40)49(47)50-46-13-8-6-11-41(46)29-33-48(50)59-53(56)43-24-20-38(21-25-43)39-26-30-44(31-27-39)57-51(54)34(2)3/h5-8,10-13,18-33,35-36H,2,4,9,14-17H2,1,3H3. The fourth-order valence-electron chi connectivity index (χ4n) is 8.30. The molecule has 1 aliphatic rings. The second kappa shape index (κ2) is 17.4. The molecule has 0 unspecified atom stereocenters. The van der Waals surface area contributed by atoms with Crippen LogP contribution in [0.25, 0.3) is 43.8 Å². The average Bonchev–Trinajstić information content (AvgIpc) is 3.27. The van der Waals surface area contributed by atoms with E-state index in [1.54, 1.807) is 37.3 Å². The fourth-order valence-corrected chi connectivity index (χ4v) is 8.30. The third-order valence-electron chi connectivity index (χ3n) is 11.5. The number of carbonyl (C=O) groups excluding carboxylic acids is 3. The highest BCUT2D eigenvalue weighted by atomic mass is 16.5. The molecule has 0 bridgehead atoms. The Bertz CT molecular complexity index is 2670. The third-order valence-corrected chi connectivity index (χ3v) is 11.5. The van der Waals surface area contributed by atoms with Gasteiger partial charge in [-0.15, -0.1) is 0 Å². The summed E-state index contributed by atoms with van der Waals surface area (Å²) in [6, 6.07) is 45.5. The molecule has 0 saturated heterocycles. The van der Waals surface area contributed by atoms with Gasteiger partial charge in [-0.05, 0) is 131 Å². The Labute approximate surface area is 345 Å². The molecule has 0 aliphatic heterocycles. The lowest BCUT2D eigenvalue weighted by Gasteiger charge is -2.28. The maximum Gasteiger partial charge on any atom is 0.343 e. The Balaban J connectivity index is 1.09. The summed E-state index contributed by atoms with van der Waals surface area (Å²) in [6.45, 7) is 7.49. The third kappa shape index (κ3) is 8.58. The number of hydrogen-bond acceptors (Lipinski definition) is 6. The molecule has 6 heteroatoms. The number of carbonyl (C=O) groups is 3. The van der Waals surface area contributed by atoms with Gasteiger partial charge in [0.2, 0.25) is 0 Å². The molecular formula is C53H46O6. The number of esters is 3. The summed E-state index contributed by atoms with van der Waals surface area (Å²) in [4.78, 5) is 39.8. The first-order valence-corrected chi connectivity index (χ1v) is 20.4. The second-order valence-electron chi connectivity index (χ2n) is 15.5. The highest BCUT2D eigenvalue weighted by molar-refractivity contribution is 6.11. The summed E-state index contributed by atoms with van der Waals surface area (Å²) in [5.41, 5.74) is 5.49. The fraction of sp³-hybridized carbons (Fsp3) is 0.189. The monoisotopic (exact) mass is 778 g/mol. The molecule has 0 atom stereocenters. The van der Waals surface area contributed by atoms with E-state index in [0.29, 0.717) is 51.0 Å². The van der Waals surface area contributed by atoms with Gasteiger partial charge in [-0.2, -0.15) is 0 Å². The highest BCUT2D eigenvalue weighted by Crippen LogP contribution is 2.46. The Morgan fingerprint density at radius 2 is 1.03 bits per heavy atom. The Morgan fingerprint density at radius 1 is 0.559 bits per heavy atom. The first kappa shape index (κ1) is 39.1. The van der Waals surface area contributed by atoms with Crippen LogP contribution in [-0.2, 0) is 4.79 Å². The number of fused-ring (bicyclic) bond motifs is 2. The Morgan fingerprint density at radius 3 is 1.53 bits per heavy atom. The highest BCUT2D eigenvalue weighted by Gasteiger charge is 2.25. The van der Waals surface area contributed by atoms with Gasteiger partial charge in [0.1, 0.15) is 17.2 Å². The summed E-state index contributed by atoms with van der Waals surface area (Å²) in [7, 11) is 0. The van der Waals surface area contributed by atoms with Crippen LogP contribution in [0.4, 0.5) is 0 Å². The van der Waals surface area contributed by atoms with Gasteiger partial charge in [0.15, 0.2) is 0 Å². The van der Waals surface area contributed by atoms with Crippen molar-refractivity contribution in [3.05, 3.63) is 174 Å². The summed E-state index contributed by atoms with van der Waals surface area (Å²) >= 11 is 0. The van der Waals surface area contributed by atoms with Gasteiger partial charge < -0.3 is 14.2 Å². The zero-order chi connectivity index (χ0) is 40.9. The molecule has 1 fully saturated rings. The van der Waals surface area contributed by atoms with Gasteiger partial charge in [-0.25, -0.2) is 14.4 Å². The van der Waals surface area contributed by atoms with E-state index in [1.165, 1.54) is 44.1 Å². The number of rotatable bonds is 11. The van der Waals surface area contributed by atoms with Gasteiger partial charge in [0, 0.05) is 16.7 Å². The van der Waals surface area contributed by atoms with Gasteiger partial charge in [-0.3, -0.25) is 0 Å². The van der Waals surface area contributed by atoms with Crippen LogP contribution < -0.4 is 14.2 Å². The van der Waals surface area contributed by atoms with Crippen LogP contribution >= 0.6 is 0 Å². The van der Waals surface area contributed by atoms with E-state index in [1.807, 2.05) is 103 Å². The predicted molar refractivity (Wildman–Crippen MR) is 235 cm³/mol. The zero-order valence-electron chi connectivity index (χ0n) is 33.4. The quantitative estimate of drug-likeness (QED) is 0.0739. The smallest absolute Gasteiger partial charge is 0.343 e. The largest absolute Gasteiger partial charge is 0.423 e. The molecule has 1 saturated carbocycles. The number of ether oxygens (including phenoxy) is 3. The lowest BCUT2D eigenvalue weighted by molar-refractivity contribution is -0.130. The molecule has 6 nitrogen and oxygen atoms in total. The zero-order valence-corrected chi connectivity index (χ0v) is 33.4. The molecule has 0 radical (unpaired) electrons. The van der Waals surface area contributed by atoms with Crippen molar-refractivity contribution in [3.63, 3.8) is 0 Å². The molecule has 294 valence electrons. The Hall–Kier alpha value is -6.79. The summed E-state index contributed by atoms with van der Waals surface area (Å²) in [5.74, 6) is 0.996. The molecular weight excluding hydrogens is 733 g/mol. The Kier molecular flexibility index (Phi) is 11.5. The molecule has 59 heavy (non-hydrogen) atoms. The second-order valence-corrected chi connectivity index (χ2v) is 15.5. The van der Waals surface area contributed by atoms with Crippen molar-refractivity contribution in [2.24, 2.45) is 5.92 Å². The predicted octanol–water partition coefficient (Wildman–Crippen LogP) is 13.3. The number of benzene rings is 7. The van der Waals surface area contributed by atoms with E-state index in [2.05, 4.69) is 25.6 Å². The first-order chi connectivity index (χ1) is 28.7. The van der Waals surface area contributed by atoms with Crippen molar-refractivity contribution < 1.29 is 28.6 Å². The molecule has 0 amide bonds. The van der Waals surface area contributed by atoms with Gasteiger partial charge in [-0.1, -0.05) is 123 Å². The van der Waals surface area contributed by atoms with E-state index >= 15 is 0 Å². The van der Waals surface area contributed by atoms with Gasteiger partial charge in [0.25, 0.3) is 0 Å². The lowest BCUT2D eigenvalue weighted by atomic mass is 9.77. The number of hydrogen-bond donors (Lipinski definition) is 0. The average molecular weight is 779 g/mol. The minimum atomic E-state index is -0.534.